The highest BCUT2D eigenvalue weighted by Crippen LogP contribution is 2.31. The van der Waals surface area contributed by atoms with Crippen LogP contribution in [0.2, 0.25) is 15.1 Å². The van der Waals surface area contributed by atoms with Crippen LogP contribution in [-0.4, -0.2) is 70.8 Å². The molecule has 0 unspecified atom stereocenters. The lowest BCUT2D eigenvalue weighted by atomic mass is 9.99. The van der Waals surface area contributed by atoms with Gasteiger partial charge in [0.15, 0.2) is 5.82 Å². The van der Waals surface area contributed by atoms with E-state index in [0.29, 0.717) is 46.3 Å². The average Bonchev–Trinajstić information content (AvgIpc) is 3.34. The Bertz CT molecular complexity index is 1040. The van der Waals surface area contributed by atoms with E-state index in [0.717, 1.165) is 24.9 Å². The lowest BCUT2D eigenvalue weighted by molar-refractivity contribution is -0.136. The molecule has 1 aromatic heterocycles. The third kappa shape index (κ3) is 5.52. The lowest BCUT2D eigenvalue weighted by Crippen LogP contribution is -2.57. The Morgan fingerprint density at radius 2 is 2.09 bits per heavy atom. The predicted octanol–water partition coefficient (Wildman–Crippen LogP) is 3.76. The Morgan fingerprint density at radius 3 is 2.76 bits per heavy atom. The molecule has 0 spiro atoms. The predicted molar refractivity (Wildman–Crippen MR) is 136 cm³/mol. The number of rotatable bonds is 6. The van der Waals surface area contributed by atoms with E-state index in [4.69, 9.17) is 34.8 Å². The second kappa shape index (κ2) is 10.8. The van der Waals surface area contributed by atoms with Crippen LogP contribution >= 0.6 is 34.8 Å². The fourth-order valence-corrected chi connectivity index (χ4v) is 5.32. The molecule has 11 heteroatoms. The van der Waals surface area contributed by atoms with Gasteiger partial charge in [-0.2, -0.15) is 4.98 Å². The van der Waals surface area contributed by atoms with E-state index < -0.39 is 6.10 Å². The normalized spacial score (nSPS) is 23.6. The first-order chi connectivity index (χ1) is 16.2. The van der Waals surface area contributed by atoms with E-state index in [2.05, 4.69) is 20.6 Å². The van der Waals surface area contributed by atoms with Crippen LogP contribution in [0.25, 0.3) is 0 Å². The van der Waals surface area contributed by atoms with Crippen LogP contribution < -0.4 is 15.5 Å². The summed E-state index contributed by atoms with van der Waals surface area (Å²) < 4.78 is 0. The van der Waals surface area contributed by atoms with Gasteiger partial charge in [0.05, 0.1) is 30.4 Å². The van der Waals surface area contributed by atoms with Crippen LogP contribution in [0.15, 0.2) is 24.4 Å². The molecular formula is C23H29Cl3N6O2. The number of aliphatic hydroxyl groups excluding tert-OH is 1. The molecule has 1 aromatic carbocycles. The quantitative estimate of drug-likeness (QED) is 0.527. The van der Waals surface area contributed by atoms with Crippen molar-refractivity contribution in [2.75, 3.05) is 36.9 Å². The summed E-state index contributed by atoms with van der Waals surface area (Å²) >= 11 is 18.7. The van der Waals surface area contributed by atoms with Crippen molar-refractivity contribution >= 4 is 52.5 Å². The first-order valence-electron chi connectivity index (χ1n) is 11.4. The molecule has 2 aromatic rings. The van der Waals surface area contributed by atoms with Crippen LogP contribution in [0.4, 0.5) is 11.8 Å². The average molecular weight is 528 g/mol. The summed E-state index contributed by atoms with van der Waals surface area (Å²) in [6.07, 6.45) is 3.28. The van der Waals surface area contributed by atoms with Crippen molar-refractivity contribution in [2.45, 2.75) is 50.4 Å². The number of likely N-dealkylation sites (N-methyl/N-ethyl adjacent to an activating group) is 1. The minimum atomic E-state index is -0.716. The number of β-amino-alcohol motifs (C(OH)–C–C–N with tert-alkyl or cyclic N) is 1. The van der Waals surface area contributed by atoms with Crippen molar-refractivity contribution < 1.29 is 9.90 Å². The number of aliphatic hydroxyl groups is 1. The molecule has 4 rings (SSSR count). The number of benzene rings is 1. The highest BCUT2D eigenvalue weighted by atomic mass is 35.5. The summed E-state index contributed by atoms with van der Waals surface area (Å²) in [6.45, 7) is 3.74. The number of nitrogens with zero attached hydrogens (tertiary/aromatic N) is 4. The molecule has 2 aliphatic rings. The first-order valence-corrected chi connectivity index (χ1v) is 12.5. The molecule has 0 bridgehead atoms. The highest BCUT2D eigenvalue weighted by Gasteiger charge is 2.36. The molecule has 8 nitrogen and oxygen atoms in total. The highest BCUT2D eigenvalue weighted by molar-refractivity contribution is 6.35. The summed E-state index contributed by atoms with van der Waals surface area (Å²) in [7, 11) is 1.77. The third-order valence-corrected chi connectivity index (χ3v) is 7.39. The molecule has 2 saturated heterocycles. The fourth-order valence-electron chi connectivity index (χ4n) is 4.60. The van der Waals surface area contributed by atoms with E-state index in [1.807, 2.05) is 17.9 Å². The minimum absolute atomic E-state index is 0.0408. The Morgan fingerprint density at radius 1 is 1.29 bits per heavy atom. The topological polar surface area (TPSA) is 93.6 Å². The smallest absolute Gasteiger partial charge is 0.239 e. The van der Waals surface area contributed by atoms with E-state index >= 15 is 0 Å². The Labute approximate surface area is 214 Å². The zero-order valence-electron chi connectivity index (χ0n) is 19.1. The standard InChI is InChI=1S/C23H29Cl3N6O2/c1-13(15-6-5-14(24)10-16(15)25)29-21-17(26)11-28-23(30-21)32-9-7-19(20(33)12-32)31(2)22(34)18-4-3-8-27-18/h5-6,10-11,13,18-20,27,33H,3-4,7-9,12H2,1-2H3,(H,28,29,30)/t13-,18-,19+,20+/m1/s1. The number of piperidine rings is 1. The first kappa shape index (κ1) is 25.3. The molecule has 184 valence electrons. The van der Waals surface area contributed by atoms with Crippen molar-refractivity contribution in [3.05, 3.63) is 45.0 Å². The maximum atomic E-state index is 12.8. The Balaban J connectivity index is 1.43. The van der Waals surface area contributed by atoms with Gasteiger partial charge in [0, 0.05) is 30.2 Å². The van der Waals surface area contributed by atoms with Crippen LogP contribution in [0.5, 0.6) is 0 Å². The van der Waals surface area contributed by atoms with Gasteiger partial charge in [-0.25, -0.2) is 4.98 Å². The molecule has 0 aliphatic carbocycles. The van der Waals surface area contributed by atoms with Gasteiger partial charge in [-0.15, -0.1) is 0 Å². The number of carbonyl (C=O) groups is 1. The van der Waals surface area contributed by atoms with Gasteiger partial charge in [-0.05, 0) is 50.4 Å². The van der Waals surface area contributed by atoms with Crippen molar-refractivity contribution in [3.63, 3.8) is 0 Å². The second-order valence-electron chi connectivity index (χ2n) is 8.87. The lowest BCUT2D eigenvalue weighted by Gasteiger charge is -2.41. The summed E-state index contributed by atoms with van der Waals surface area (Å²) in [4.78, 5) is 25.3. The second-order valence-corrected chi connectivity index (χ2v) is 10.1. The van der Waals surface area contributed by atoms with Gasteiger partial charge >= 0.3 is 0 Å². The minimum Gasteiger partial charge on any atom is -0.389 e. The summed E-state index contributed by atoms with van der Waals surface area (Å²) in [5.74, 6) is 0.978. The van der Waals surface area contributed by atoms with Crippen molar-refractivity contribution in [3.8, 4) is 0 Å². The van der Waals surface area contributed by atoms with E-state index in [1.165, 1.54) is 0 Å². The van der Waals surface area contributed by atoms with Gasteiger partial charge in [-0.3, -0.25) is 4.79 Å². The maximum Gasteiger partial charge on any atom is 0.239 e. The van der Waals surface area contributed by atoms with E-state index in [-0.39, 0.29) is 24.0 Å². The molecule has 3 heterocycles. The number of anilines is 2. The zero-order valence-corrected chi connectivity index (χ0v) is 21.4. The number of aromatic nitrogens is 2. The molecule has 4 atom stereocenters. The zero-order chi connectivity index (χ0) is 24.4. The van der Waals surface area contributed by atoms with Crippen LogP contribution in [0, 0.1) is 0 Å². The van der Waals surface area contributed by atoms with Gasteiger partial charge < -0.3 is 25.5 Å². The van der Waals surface area contributed by atoms with Crippen LogP contribution in [0.1, 0.15) is 37.8 Å². The van der Waals surface area contributed by atoms with Gasteiger partial charge in [0.1, 0.15) is 5.02 Å². The molecule has 0 radical (unpaired) electrons. The SMILES string of the molecule is C[C@@H](Nc1nc(N2CC[C@H](N(C)C(=O)[C@H]3CCCN3)[C@@H](O)C2)ncc1Cl)c1ccc(Cl)cc1Cl. The van der Waals surface area contributed by atoms with Gasteiger partial charge in [0.25, 0.3) is 0 Å². The number of nitrogens with one attached hydrogen (secondary N) is 2. The molecule has 34 heavy (non-hydrogen) atoms. The van der Waals surface area contributed by atoms with Crippen molar-refractivity contribution in [1.82, 2.24) is 20.2 Å². The summed E-state index contributed by atoms with van der Waals surface area (Å²) in [6, 6.07) is 4.76. The maximum absolute atomic E-state index is 12.8. The number of hydrogen-bond donors (Lipinski definition) is 3. The Kier molecular flexibility index (Phi) is 8.05. The number of halogens is 3. The van der Waals surface area contributed by atoms with E-state index in [9.17, 15) is 9.90 Å². The number of amides is 1. The van der Waals surface area contributed by atoms with Gasteiger partial charge in [0.2, 0.25) is 11.9 Å². The summed E-state index contributed by atoms with van der Waals surface area (Å²) in [5.41, 5.74) is 0.864. The van der Waals surface area contributed by atoms with Crippen LogP contribution in [0.3, 0.4) is 0 Å². The fraction of sp³-hybridized carbons (Fsp3) is 0.522. The molecule has 2 fully saturated rings. The molecule has 0 saturated carbocycles. The molecule has 2 aliphatic heterocycles. The summed E-state index contributed by atoms with van der Waals surface area (Å²) in [5, 5.41) is 18.9. The molecular weight excluding hydrogens is 499 g/mol. The number of hydrogen-bond acceptors (Lipinski definition) is 7. The Hall–Kier alpha value is -1.84. The molecule has 1 amide bonds. The number of carbonyl (C=O) groups excluding carboxylic acids is 1. The largest absolute Gasteiger partial charge is 0.389 e. The monoisotopic (exact) mass is 526 g/mol. The van der Waals surface area contributed by atoms with Gasteiger partial charge in [-0.1, -0.05) is 40.9 Å². The van der Waals surface area contributed by atoms with E-state index in [1.54, 1.807) is 30.3 Å². The van der Waals surface area contributed by atoms with Crippen molar-refractivity contribution in [2.24, 2.45) is 0 Å². The van der Waals surface area contributed by atoms with Crippen LogP contribution in [-0.2, 0) is 4.79 Å². The molecule has 3 N–H and O–H groups in total. The third-order valence-electron chi connectivity index (χ3n) is 6.55. The van der Waals surface area contributed by atoms with Crippen molar-refractivity contribution in [1.29, 1.82) is 0 Å².